The SMILES string of the molecule is CCN(CC)CCNc1ncc(C)cc1N. The number of rotatable bonds is 6. The van der Waals surface area contributed by atoms with E-state index in [0.29, 0.717) is 0 Å². The van der Waals surface area contributed by atoms with E-state index in [2.05, 4.69) is 29.0 Å². The molecule has 4 heteroatoms. The monoisotopic (exact) mass is 222 g/mol. The molecule has 0 saturated carbocycles. The molecule has 0 aliphatic rings. The van der Waals surface area contributed by atoms with Crippen LogP contribution in [-0.2, 0) is 0 Å². The molecule has 16 heavy (non-hydrogen) atoms. The largest absolute Gasteiger partial charge is 0.396 e. The van der Waals surface area contributed by atoms with Crippen LogP contribution in [0.25, 0.3) is 0 Å². The fraction of sp³-hybridized carbons (Fsp3) is 0.583. The summed E-state index contributed by atoms with van der Waals surface area (Å²) < 4.78 is 0. The molecule has 0 amide bonds. The van der Waals surface area contributed by atoms with Crippen molar-refractivity contribution in [1.29, 1.82) is 0 Å². The quantitative estimate of drug-likeness (QED) is 0.769. The molecule has 0 aliphatic heterocycles. The number of nitrogen functional groups attached to an aromatic ring is 1. The Hall–Kier alpha value is -1.29. The van der Waals surface area contributed by atoms with Crippen LogP contribution in [0.5, 0.6) is 0 Å². The van der Waals surface area contributed by atoms with Crippen molar-refractivity contribution < 1.29 is 0 Å². The average Bonchev–Trinajstić information content (AvgIpc) is 2.27. The number of hydrogen-bond acceptors (Lipinski definition) is 4. The van der Waals surface area contributed by atoms with Crippen molar-refractivity contribution in [3.63, 3.8) is 0 Å². The number of anilines is 2. The third-order valence-electron chi connectivity index (χ3n) is 2.67. The van der Waals surface area contributed by atoms with Gasteiger partial charge in [0.2, 0.25) is 0 Å². The predicted octanol–water partition coefficient (Wildman–Crippen LogP) is 1.73. The maximum Gasteiger partial charge on any atom is 0.149 e. The van der Waals surface area contributed by atoms with Crippen LogP contribution in [0, 0.1) is 6.92 Å². The van der Waals surface area contributed by atoms with Crippen molar-refractivity contribution in [3.8, 4) is 0 Å². The summed E-state index contributed by atoms with van der Waals surface area (Å²) in [7, 11) is 0. The van der Waals surface area contributed by atoms with Gasteiger partial charge in [-0.3, -0.25) is 0 Å². The van der Waals surface area contributed by atoms with Crippen molar-refractivity contribution >= 4 is 11.5 Å². The molecule has 4 nitrogen and oxygen atoms in total. The molecular formula is C12H22N4. The Balaban J connectivity index is 2.42. The lowest BCUT2D eigenvalue weighted by molar-refractivity contribution is 0.316. The first kappa shape index (κ1) is 12.8. The molecule has 0 unspecified atom stereocenters. The number of aromatic nitrogens is 1. The van der Waals surface area contributed by atoms with Crippen LogP contribution in [0.1, 0.15) is 19.4 Å². The molecule has 0 aromatic carbocycles. The van der Waals surface area contributed by atoms with Crippen molar-refractivity contribution in [3.05, 3.63) is 17.8 Å². The van der Waals surface area contributed by atoms with Crippen molar-refractivity contribution in [2.45, 2.75) is 20.8 Å². The third kappa shape index (κ3) is 3.70. The first-order valence-electron chi connectivity index (χ1n) is 5.85. The lowest BCUT2D eigenvalue weighted by atomic mass is 10.3. The Morgan fingerprint density at radius 3 is 2.62 bits per heavy atom. The van der Waals surface area contributed by atoms with Gasteiger partial charge in [0, 0.05) is 19.3 Å². The van der Waals surface area contributed by atoms with Crippen LogP contribution in [0.3, 0.4) is 0 Å². The van der Waals surface area contributed by atoms with E-state index in [1.807, 2.05) is 19.2 Å². The molecule has 0 saturated heterocycles. The molecule has 1 aromatic rings. The van der Waals surface area contributed by atoms with E-state index in [-0.39, 0.29) is 0 Å². The fourth-order valence-electron chi connectivity index (χ4n) is 1.61. The van der Waals surface area contributed by atoms with E-state index in [9.17, 15) is 0 Å². The van der Waals surface area contributed by atoms with Gasteiger partial charge in [0.25, 0.3) is 0 Å². The average molecular weight is 222 g/mol. The number of pyridine rings is 1. The highest BCUT2D eigenvalue weighted by Crippen LogP contribution is 2.15. The summed E-state index contributed by atoms with van der Waals surface area (Å²) in [6.07, 6.45) is 1.83. The number of nitrogens with one attached hydrogen (secondary N) is 1. The fourth-order valence-corrected chi connectivity index (χ4v) is 1.61. The van der Waals surface area contributed by atoms with Gasteiger partial charge >= 0.3 is 0 Å². The summed E-state index contributed by atoms with van der Waals surface area (Å²) >= 11 is 0. The van der Waals surface area contributed by atoms with Crippen molar-refractivity contribution in [1.82, 2.24) is 9.88 Å². The molecule has 0 aliphatic carbocycles. The van der Waals surface area contributed by atoms with E-state index in [1.165, 1.54) is 0 Å². The number of nitrogens with zero attached hydrogens (tertiary/aromatic N) is 2. The summed E-state index contributed by atoms with van der Waals surface area (Å²) in [5.41, 5.74) is 7.68. The summed E-state index contributed by atoms with van der Waals surface area (Å²) in [4.78, 5) is 6.63. The van der Waals surface area contributed by atoms with E-state index < -0.39 is 0 Å². The van der Waals surface area contributed by atoms with E-state index in [1.54, 1.807) is 0 Å². The van der Waals surface area contributed by atoms with E-state index in [0.717, 1.165) is 43.2 Å². The zero-order valence-corrected chi connectivity index (χ0v) is 10.5. The van der Waals surface area contributed by atoms with Crippen LogP contribution in [0.2, 0.25) is 0 Å². The lowest BCUT2D eigenvalue weighted by Crippen LogP contribution is -2.28. The highest BCUT2D eigenvalue weighted by atomic mass is 15.1. The minimum Gasteiger partial charge on any atom is -0.396 e. The smallest absolute Gasteiger partial charge is 0.149 e. The van der Waals surface area contributed by atoms with Crippen molar-refractivity contribution in [2.75, 3.05) is 37.2 Å². The van der Waals surface area contributed by atoms with Gasteiger partial charge in [-0.1, -0.05) is 13.8 Å². The number of aryl methyl sites for hydroxylation is 1. The summed E-state index contributed by atoms with van der Waals surface area (Å²) in [6.45, 7) is 10.4. The first-order valence-corrected chi connectivity index (χ1v) is 5.85. The molecule has 0 atom stereocenters. The van der Waals surface area contributed by atoms with Crippen LogP contribution in [0.4, 0.5) is 11.5 Å². The summed E-state index contributed by atoms with van der Waals surface area (Å²) in [5, 5.41) is 3.26. The lowest BCUT2D eigenvalue weighted by Gasteiger charge is -2.18. The van der Waals surface area contributed by atoms with Crippen LogP contribution in [0.15, 0.2) is 12.3 Å². The van der Waals surface area contributed by atoms with Gasteiger partial charge in [0.05, 0.1) is 5.69 Å². The number of likely N-dealkylation sites (N-methyl/N-ethyl adjacent to an activating group) is 1. The molecule has 0 spiro atoms. The molecule has 3 N–H and O–H groups in total. The Morgan fingerprint density at radius 1 is 1.38 bits per heavy atom. The Labute approximate surface area is 97.9 Å². The molecule has 0 radical (unpaired) electrons. The molecule has 1 rings (SSSR count). The first-order chi connectivity index (χ1) is 7.67. The van der Waals surface area contributed by atoms with Gasteiger partial charge < -0.3 is 16.0 Å². The molecule has 0 bridgehead atoms. The highest BCUT2D eigenvalue weighted by Gasteiger charge is 2.01. The Bertz CT molecular complexity index is 321. The van der Waals surface area contributed by atoms with Crippen molar-refractivity contribution in [2.24, 2.45) is 0 Å². The number of nitrogens with two attached hydrogens (primary N) is 1. The van der Waals surface area contributed by atoms with Crippen LogP contribution in [-0.4, -0.2) is 36.1 Å². The second-order valence-corrected chi connectivity index (χ2v) is 3.90. The zero-order chi connectivity index (χ0) is 12.0. The number of hydrogen-bond donors (Lipinski definition) is 2. The Kier molecular flexibility index (Phi) is 5.05. The minimum absolute atomic E-state index is 0.722. The highest BCUT2D eigenvalue weighted by molar-refractivity contribution is 5.61. The Morgan fingerprint density at radius 2 is 2.06 bits per heavy atom. The van der Waals surface area contributed by atoms with E-state index >= 15 is 0 Å². The van der Waals surface area contributed by atoms with Gasteiger partial charge in [-0.2, -0.15) is 0 Å². The molecule has 90 valence electrons. The van der Waals surface area contributed by atoms with Crippen LogP contribution < -0.4 is 11.1 Å². The molecule has 1 aromatic heterocycles. The molecule has 0 fully saturated rings. The second kappa shape index (κ2) is 6.33. The molecule has 1 heterocycles. The second-order valence-electron chi connectivity index (χ2n) is 3.90. The van der Waals surface area contributed by atoms with Gasteiger partial charge in [-0.25, -0.2) is 4.98 Å². The van der Waals surface area contributed by atoms with Gasteiger partial charge in [0.1, 0.15) is 5.82 Å². The van der Waals surface area contributed by atoms with Gasteiger partial charge in [-0.15, -0.1) is 0 Å². The summed E-state index contributed by atoms with van der Waals surface area (Å²) in [5.74, 6) is 0.790. The third-order valence-corrected chi connectivity index (χ3v) is 2.67. The minimum atomic E-state index is 0.722. The van der Waals surface area contributed by atoms with Crippen LogP contribution >= 0.6 is 0 Å². The summed E-state index contributed by atoms with van der Waals surface area (Å²) in [6, 6.07) is 1.94. The standard InChI is InChI=1S/C12H22N4/c1-4-16(5-2)7-6-14-12-11(13)8-10(3)9-15-12/h8-9H,4-7,13H2,1-3H3,(H,14,15). The normalized spacial score (nSPS) is 10.8. The van der Waals surface area contributed by atoms with Gasteiger partial charge in [-0.05, 0) is 31.6 Å². The van der Waals surface area contributed by atoms with E-state index in [4.69, 9.17) is 5.73 Å². The maximum atomic E-state index is 5.86. The predicted molar refractivity (Wildman–Crippen MR) is 69.7 cm³/mol. The zero-order valence-electron chi connectivity index (χ0n) is 10.5. The molecular weight excluding hydrogens is 200 g/mol. The topological polar surface area (TPSA) is 54.2 Å². The van der Waals surface area contributed by atoms with Gasteiger partial charge in [0.15, 0.2) is 0 Å². The maximum absolute atomic E-state index is 5.86.